The average molecular weight is 560 g/mol. The second-order valence-corrected chi connectivity index (χ2v) is 11.9. The van der Waals surface area contributed by atoms with E-state index < -0.39 is 0 Å². The summed E-state index contributed by atoms with van der Waals surface area (Å²) in [7, 11) is 3.64. The lowest BCUT2D eigenvalue weighted by atomic mass is 9.77. The molecular formula is C33H33N7O2. The Kier molecular flexibility index (Phi) is 6.60. The number of aromatic nitrogens is 4. The van der Waals surface area contributed by atoms with Crippen molar-refractivity contribution in [2.45, 2.75) is 56.7 Å². The standard InChI is InChI=1S/C33H33N7O2/c1-39-20-36-38-31(39)28-12-21(16-34)5-9-26(28)25-14-29(23-7-8-23)37-30(15-25)40-18-24-6-4-22(13-27(24)32(40)41)17-35-33(19-42-2)10-3-11-33/h4-6,9,12-15,20,23,35H,3,7-8,10-11,17-19H2,1-2H3. The summed E-state index contributed by atoms with van der Waals surface area (Å²) < 4.78 is 7.30. The Morgan fingerprint density at radius 2 is 1.95 bits per heavy atom. The van der Waals surface area contributed by atoms with Crippen LogP contribution >= 0.6 is 0 Å². The van der Waals surface area contributed by atoms with Crippen molar-refractivity contribution < 1.29 is 9.53 Å². The number of ether oxygens (including phenoxy) is 1. The Morgan fingerprint density at radius 3 is 2.64 bits per heavy atom. The molecule has 4 aromatic rings. The Balaban J connectivity index is 1.22. The number of hydrogen-bond donors (Lipinski definition) is 1. The van der Waals surface area contributed by atoms with Crippen molar-refractivity contribution in [2.75, 3.05) is 18.6 Å². The number of aryl methyl sites for hydroxylation is 1. The topological polar surface area (TPSA) is 109 Å². The van der Waals surface area contributed by atoms with Gasteiger partial charge >= 0.3 is 0 Å². The van der Waals surface area contributed by atoms with Gasteiger partial charge in [-0.15, -0.1) is 10.2 Å². The van der Waals surface area contributed by atoms with Gasteiger partial charge in [0.15, 0.2) is 5.82 Å². The van der Waals surface area contributed by atoms with Crippen LogP contribution in [0.1, 0.15) is 70.8 Å². The number of nitrogens with one attached hydrogen (secondary N) is 1. The number of pyridine rings is 1. The van der Waals surface area contributed by atoms with Crippen LogP contribution in [-0.2, 0) is 24.9 Å². The number of nitrogens with zero attached hydrogens (tertiary/aromatic N) is 6. The highest BCUT2D eigenvalue weighted by Crippen LogP contribution is 2.43. The summed E-state index contributed by atoms with van der Waals surface area (Å²) in [5, 5.41) is 21.7. The van der Waals surface area contributed by atoms with E-state index in [1.807, 2.05) is 41.9 Å². The summed E-state index contributed by atoms with van der Waals surface area (Å²) in [6.45, 7) is 1.89. The molecule has 3 aliphatic rings. The number of fused-ring (bicyclic) bond motifs is 1. The average Bonchev–Trinajstić information content (AvgIpc) is 3.68. The summed E-state index contributed by atoms with van der Waals surface area (Å²) in [5.74, 6) is 1.69. The number of anilines is 1. The summed E-state index contributed by atoms with van der Waals surface area (Å²) in [6.07, 6.45) is 7.27. The lowest BCUT2D eigenvalue weighted by Gasteiger charge is -2.42. The minimum Gasteiger partial charge on any atom is -0.383 e. The van der Waals surface area contributed by atoms with Gasteiger partial charge in [0.25, 0.3) is 5.91 Å². The highest BCUT2D eigenvalue weighted by molar-refractivity contribution is 6.10. The fraction of sp³-hybridized carbons (Fsp3) is 0.364. The van der Waals surface area contributed by atoms with Crippen molar-refractivity contribution in [2.24, 2.45) is 7.05 Å². The Hall–Kier alpha value is -4.39. The molecule has 9 heteroatoms. The largest absolute Gasteiger partial charge is 0.383 e. The number of carbonyl (C=O) groups excluding carboxylic acids is 1. The van der Waals surface area contributed by atoms with Crippen LogP contribution < -0.4 is 10.2 Å². The maximum Gasteiger partial charge on any atom is 0.260 e. The number of hydrogen-bond acceptors (Lipinski definition) is 7. The first kappa shape index (κ1) is 26.5. The van der Waals surface area contributed by atoms with E-state index in [4.69, 9.17) is 9.72 Å². The molecule has 1 amide bonds. The van der Waals surface area contributed by atoms with Gasteiger partial charge in [-0.3, -0.25) is 9.69 Å². The Labute approximate surface area is 245 Å². The van der Waals surface area contributed by atoms with E-state index in [-0.39, 0.29) is 11.4 Å². The molecule has 3 heterocycles. The molecule has 0 spiro atoms. The highest BCUT2D eigenvalue weighted by Gasteiger charge is 2.37. The van der Waals surface area contributed by atoms with E-state index in [9.17, 15) is 10.1 Å². The molecule has 1 N–H and O–H groups in total. The van der Waals surface area contributed by atoms with Crippen LogP contribution in [0.2, 0.25) is 0 Å². The monoisotopic (exact) mass is 559 g/mol. The number of nitriles is 1. The van der Waals surface area contributed by atoms with Crippen LogP contribution in [0.15, 0.2) is 54.9 Å². The molecule has 212 valence electrons. The minimum atomic E-state index is -0.0261. The molecule has 2 aromatic carbocycles. The number of carbonyl (C=O) groups is 1. The smallest absolute Gasteiger partial charge is 0.260 e. The second kappa shape index (κ2) is 10.5. The van der Waals surface area contributed by atoms with E-state index in [1.165, 1.54) is 6.42 Å². The lowest BCUT2D eigenvalue weighted by molar-refractivity contribution is 0.0549. The van der Waals surface area contributed by atoms with Crippen molar-refractivity contribution in [3.63, 3.8) is 0 Å². The van der Waals surface area contributed by atoms with Crippen molar-refractivity contribution in [1.29, 1.82) is 5.26 Å². The highest BCUT2D eigenvalue weighted by atomic mass is 16.5. The van der Waals surface area contributed by atoms with Gasteiger partial charge in [-0.25, -0.2) is 4.98 Å². The molecule has 2 aromatic heterocycles. The second-order valence-electron chi connectivity index (χ2n) is 11.9. The zero-order chi connectivity index (χ0) is 28.8. The van der Waals surface area contributed by atoms with E-state index >= 15 is 0 Å². The molecule has 0 atom stereocenters. The zero-order valence-corrected chi connectivity index (χ0v) is 23.9. The Bertz CT molecular complexity index is 1730. The normalized spacial score (nSPS) is 17.2. The van der Waals surface area contributed by atoms with Crippen LogP contribution in [0.5, 0.6) is 0 Å². The molecule has 2 aliphatic carbocycles. The third-order valence-corrected chi connectivity index (χ3v) is 8.89. The fourth-order valence-corrected chi connectivity index (χ4v) is 6.18. The maximum absolute atomic E-state index is 13.8. The third-order valence-electron chi connectivity index (χ3n) is 8.89. The van der Waals surface area contributed by atoms with Crippen LogP contribution in [0.4, 0.5) is 5.82 Å². The molecule has 0 bridgehead atoms. The molecule has 0 saturated heterocycles. The zero-order valence-electron chi connectivity index (χ0n) is 23.9. The molecule has 7 rings (SSSR count). The van der Waals surface area contributed by atoms with Crippen LogP contribution in [0.25, 0.3) is 22.5 Å². The molecule has 9 nitrogen and oxygen atoms in total. The molecular weight excluding hydrogens is 526 g/mol. The van der Waals surface area contributed by atoms with Gasteiger partial charge in [0.2, 0.25) is 0 Å². The first-order valence-electron chi connectivity index (χ1n) is 14.6. The first-order chi connectivity index (χ1) is 20.5. The minimum absolute atomic E-state index is 0.0261. The van der Waals surface area contributed by atoms with Gasteiger partial charge in [-0.05, 0) is 84.7 Å². The van der Waals surface area contributed by atoms with Crippen LogP contribution in [0, 0.1) is 11.3 Å². The molecule has 2 fully saturated rings. The lowest BCUT2D eigenvalue weighted by Crippen LogP contribution is -2.53. The van der Waals surface area contributed by atoms with Gasteiger partial charge in [0.05, 0.1) is 24.8 Å². The molecule has 1 aliphatic heterocycles. The summed E-state index contributed by atoms with van der Waals surface area (Å²) in [6, 6.07) is 18.2. The first-order valence-corrected chi connectivity index (χ1v) is 14.6. The van der Waals surface area contributed by atoms with Gasteiger partial charge in [-0.1, -0.05) is 18.2 Å². The quantitative estimate of drug-likeness (QED) is 0.303. The number of rotatable bonds is 9. The molecule has 2 saturated carbocycles. The van der Waals surface area contributed by atoms with Crippen molar-refractivity contribution in [1.82, 2.24) is 25.1 Å². The van der Waals surface area contributed by atoms with E-state index in [1.54, 1.807) is 18.3 Å². The molecule has 42 heavy (non-hydrogen) atoms. The van der Waals surface area contributed by atoms with Gasteiger partial charge < -0.3 is 14.6 Å². The summed E-state index contributed by atoms with van der Waals surface area (Å²) in [4.78, 5) is 20.6. The van der Waals surface area contributed by atoms with Crippen molar-refractivity contribution >= 4 is 11.7 Å². The van der Waals surface area contributed by atoms with Crippen molar-refractivity contribution in [3.8, 4) is 28.6 Å². The molecule has 0 radical (unpaired) electrons. The third kappa shape index (κ3) is 4.77. The van der Waals surface area contributed by atoms with Gasteiger partial charge in [0, 0.05) is 49.0 Å². The number of benzene rings is 2. The Morgan fingerprint density at radius 1 is 1.10 bits per heavy atom. The van der Waals surface area contributed by atoms with E-state index in [2.05, 4.69) is 39.8 Å². The predicted octanol–water partition coefficient (Wildman–Crippen LogP) is 5.11. The number of amides is 1. The maximum atomic E-state index is 13.8. The predicted molar refractivity (Wildman–Crippen MR) is 159 cm³/mol. The van der Waals surface area contributed by atoms with Crippen molar-refractivity contribution in [3.05, 3.63) is 82.8 Å². The van der Waals surface area contributed by atoms with Crippen LogP contribution in [0.3, 0.4) is 0 Å². The molecule has 0 unspecified atom stereocenters. The van der Waals surface area contributed by atoms with Crippen LogP contribution in [-0.4, -0.2) is 44.9 Å². The SMILES string of the molecule is COCC1(NCc2ccc3c(c2)C(=O)N(c2cc(-c4ccc(C#N)cc4-c4nncn4C)cc(C4CC4)n2)C3)CCC1. The number of methoxy groups -OCH3 is 1. The summed E-state index contributed by atoms with van der Waals surface area (Å²) in [5.41, 5.74) is 7.12. The van der Waals surface area contributed by atoms with E-state index in [0.29, 0.717) is 42.8 Å². The summed E-state index contributed by atoms with van der Waals surface area (Å²) >= 11 is 0. The van der Waals surface area contributed by atoms with Gasteiger partial charge in [-0.2, -0.15) is 5.26 Å². The fourth-order valence-electron chi connectivity index (χ4n) is 6.18. The van der Waals surface area contributed by atoms with Gasteiger partial charge in [0.1, 0.15) is 12.1 Å². The van der Waals surface area contributed by atoms with E-state index in [0.717, 1.165) is 64.8 Å².